The highest BCUT2D eigenvalue weighted by Gasteiger charge is 2.20. The number of allylic oxidation sites excluding steroid dienone is 1. The topological polar surface area (TPSA) is 60.7 Å². The third-order valence-electron chi connectivity index (χ3n) is 5.50. The average molecular weight is 422 g/mol. The van der Waals surface area contributed by atoms with E-state index in [0.717, 1.165) is 56.7 Å². The fraction of sp³-hybridized carbons (Fsp3) is 0.346. The number of carbonyl (C=O) groups excluding carboxylic acids is 1. The van der Waals surface area contributed by atoms with Crippen molar-refractivity contribution in [1.82, 2.24) is 5.32 Å². The Bertz CT molecular complexity index is 1110. The van der Waals surface area contributed by atoms with Crippen molar-refractivity contribution in [2.24, 2.45) is 0 Å². The molecule has 0 aliphatic heterocycles. The van der Waals surface area contributed by atoms with Crippen LogP contribution in [0.25, 0.3) is 27.7 Å². The van der Waals surface area contributed by atoms with Gasteiger partial charge in [-0.3, -0.25) is 4.79 Å². The Morgan fingerprint density at radius 2 is 1.97 bits per heavy atom. The van der Waals surface area contributed by atoms with Gasteiger partial charge in [0.05, 0.1) is 20.0 Å². The number of fused-ring (bicyclic) bond motifs is 1. The summed E-state index contributed by atoms with van der Waals surface area (Å²) in [6, 6.07) is 10.0. The molecule has 0 bridgehead atoms. The standard InChI is InChI=1S/C26H31NO4/c1-7-17(4)27-24(28)13-16(3)20-14-21-22(19-11-9-10-12-23(19)29-6)15-31-26(21)18(5)25(20)30-8-2/h9-15,17H,7-8H2,1-6H3,(H,27,28)/b16-13+. The first-order chi connectivity index (χ1) is 14.9. The predicted octanol–water partition coefficient (Wildman–Crippen LogP) is 6.13. The Morgan fingerprint density at radius 1 is 1.23 bits per heavy atom. The summed E-state index contributed by atoms with van der Waals surface area (Å²) < 4.78 is 17.5. The molecule has 0 spiro atoms. The van der Waals surface area contributed by atoms with Gasteiger partial charge in [0.15, 0.2) is 0 Å². The Kier molecular flexibility index (Phi) is 7.06. The third-order valence-corrected chi connectivity index (χ3v) is 5.50. The molecule has 0 aliphatic carbocycles. The number of amides is 1. The Morgan fingerprint density at radius 3 is 2.65 bits per heavy atom. The van der Waals surface area contributed by atoms with Crippen molar-refractivity contribution in [3.8, 4) is 22.6 Å². The summed E-state index contributed by atoms with van der Waals surface area (Å²) in [6.07, 6.45) is 4.27. The number of aryl methyl sites for hydroxylation is 1. The molecule has 1 N–H and O–H groups in total. The fourth-order valence-corrected chi connectivity index (χ4v) is 3.68. The maximum atomic E-state index is 12.5. The SMILES string of the molecule is CCOc1c(/C(C)=C/C(=O)NC(C)CC)cc2c(-c3ccccc3OC)coc2c1C. The molecule has 31 heavy (non-hydrogen) atoms. The van der Waals surface area contributed by atoms with Crippen LogP contribution in [0.2, 0.25) is 0 Å². The maximum absolute atomic E-state index is 12.5. The molecule has 3 rings (SSSR count). The number of ether oxygens (including phenoxy) is 2. The quantitative estimate of drug-likeness (QED) is 0.444. The number of para-hydroxylation sites is 1. The van der Waals surface area contributed by atoms with E-state index in [4.69, 9.17) is 13.9 Å². The molecule has 0 fully saturated rings. The van der Waals surface area contributed by atoms with Gasteiger partial charge < -0.3 is 19.2 Å². The Balaban J connectivity index is 2.18. The molecule has 1 aromatic heterocycles. The molecule has 2 aromatic carbocycles. The second-order valence-electron chi connectivity index (χ2n) is 7.68. The lowest BCUT2D eigenvalue weighted by Crippen LogP contribution is -2.30. The van der Waals surface area contributed by atoms with Crippen LogP contribution in [0.3, 0.4) is 0 Å². The van der Waals surface area contributed by atoms with Crippen molar-refractivity contribution in [1.29, 1.82) is 0 Å². The number of hydrogen-bond donors (Lipinski definition) is 1. The van der Waals surface area contributed by atoms with E-state index in [9.17, 15) is 4.79 Å². The van der Waals surface area contributed by atoms with Crippen LogP contribution in [0, 0.1) is 6.92 Å². The summed E-state index contributed by atoms with van der Waals surface area (Å²) in [6.45, 7) is 10.4. The first-order valence-electron chi connectivity index (χ1n) is 10.7. The summed E-state index contributed by atoms with van der Waals surface area (Å²) in [4.78, 5) is 12.5. The highest BCUT2D eigenvalue weighted by Crippen LogP contribution is 2.42. The van der Waals surface area contributed by atoms with E-state index in [1.807, 2.05) is 65.0 Å². The number of methoxy groups -OCH3 is 1. The van der Waals surface area contributed by atoms with E-state index < -0.39 is 0 Å². The number of hydrogen-bond acceptors (Lipinski definition) is 4. The van der Waals surface area contributed by atoms with Gasteiger partial charge in [-0.15, -0.1) is 0 Å². The smallest absolute Gasteiger partial charge is 0.244 e. The van der Waals surface area contributed by atoms with Crippen molar-refractivity contribution in [3.05, 3.63) is 53.8 Å². The number of benzene rings is 2. The minimum absolute atomic E-state index is 0.107. The Labute approximate surface area is 184 Å². The van der Waals surface area contributed by atoms with E-state index in [1.165, 1.54) is 0 Å². The van der Waals surface area contributed by atoms with Crippen LogP contribution in [0.5, 0.6) is 11.5 Å². The lowest BCUT2D eigenvalue weighted by atomic mass is 9.96. The first-order valence-corrected chi connectivity index (χ1v) is 10.7. The van der Waals surface area contributed by atoms with Gasteiger partial charge in [-0.1, -0.05) is 25.1 Å². The van der Waals surface area contributed by atoms with Crippen molar-refractivity contribution in [3.63, 3.8) is 0 Å². The minimum atomic E-state index is -0.107. The van der Waals surface area contributed by atoms with Gasteiger partial charge in [-0.05, 0) is 51.8 Å². The monoisotopic (exact) mass is 421 g/mol. The number of carbonyl (C=O) groups is 1. The molecule has 5 heteroatoms. The van der Waals surface area contributed by atoms with Gasteiger partial charge in [0.2, 0.25) is 5.91 Å². The number of rotatable bonds is 8. The van der Waals surface area contributed by atoms with E-state index >= 15 is 0 Å². The summed E-state index contributed by atoms with van der Waals surface area (Å²) >= 11 is 0. The van der Waals surface area contributed by atoms with Crippen molar-refractivity contribution in [2.75, 3.05) is 13.7 Å². The van der Waals surface area contributed by atoms with E-state index in [1.54, 1.807) is 19.4 Å². The molecule has 5 nitrogen and oxygen atoms in total. The van der Waals surface area contributed by atoms with Crippen molar-refractivity contribution < 1.29 is 18.7 Å². The summed E-state index contributed by atoms with van der Waals surface area (Å²) in [5.41, 5.74) is 5.28. The predicted molar refractivity (Wildman–Crippen MR) is 126 cm³/mol. The van der Waals surface area contributed by atoms with E-state index in [-0.39, 0.29) is 11.9 Å². The van der Waals surface area contributed by atoms with Crippen LogP contribution in [0.15, 0.2) is 47.1 Å². The van der Waals surface area contributed by atoms with Crippen LogP contribution in [0.1, 0.15) is 45.2 Å². The molecule has 3 aromatic rings. The summed E-state index contributed by atoms with van der Waals surface area (Å²) in [5.74, 6) is 1.41. The van der Waals surface area contributed by atoms with Gasteiger partial charge in [0, 0.05) is 39.8 Å². The second kappa shape index (κ2) is 9.73. The van der Waals surface area contributed by atoms with Crippen LogP contribution < -0.4 is 14.8 Å². The zero-order chi connectivity index (χ0) is 22.5. The zero-order valence-corrected chi connectivity index (χ0v) is 19.2. The number of nitrogens with one attached hydrogen (secondary N) is 1. The summed E-state index contributed by atoms with van der Waals surface area (Å²) in [5, 5.41) is 3.94. The van der Waals surface area contributed by atoms with Gasteiger partial charge in [-0.2, -0.15) is 0 Å². The van der Waals surface area contributed by atoms with Crippen LogP contribution in [0.4, 0.5) is 0 Å². The second-order valence-corrected chi connectivity index (χ2v) is 7.68. The van der Waals surface area contributed by atoms with Gasteiger partial charge >= 0.3 is 0 Å². The molecule has 0 saturated carbocycles. The summed E-state index contributed by atoms with van der Waals surface area (Å²) in [7, 11) is 1.66. The van der Waals surface area contributed by atoms with Gasteiger partial charge in [-0.25, -0.2) is 0 Å². The lowest BCUT2D eigenvalue weighted by Gasteiger charge is -2.15. The highest BCUT2D eigenvalue weighted by molar-refractivity contribution is 6.02. The maximum Gasteiger partial charge on any atom is 0.244 e. The molecular formula is C26H31NO4. The molecule has 1 unspecified atom stereocenters. The minimum Gasteiger partial charge on any atom is -0.496 e. The van der Waals surface area contributed by atoms with E-state index in [2.05, 4.69) is 5.32 Å². The largest absolute Gasteiger partial charge is 0.496 e. The third kappa shape index (κ3) is 4.61. The van der Waals surface area contributed by atoms with Crippen molar-refractivity contribution >= 4 is 22.4 Å². The number of furan rings is 1. The molecule has 1 atom stereocenters. The highest BCUT2D eigenvalue weighted by atomic mass is 16.5. The van der Waals surface area contributed by atoms with E-state index in [0.29, 0.717) is 6.61 Å². The molecule has 0 radical (unpaired) electrons. The lowest BCUT2D eigenvalue weighted by molar-refractivity contribution is -0.117. The average Bonchev–Trinajstić information content (AvgIpc) is 3.19. The first kappa shape index (κ1) is 22.5. The fourth-order valence-electron chi connectivity index (χ4n) is 3.68. The normalized spacial score (nSPS) is 12.6. The molecule has 164 valence electrons. The molecule has 0 aliphatic rings. The Hall–Kier alpha value is -3.21. The molecule has 1 heterocycles. The molecule has 1 amide bonds. The zero-order valence-electron chi connectivity index (χ0n) is 19.2. The van der Waals surface area contributed by atoms with Crippen LogP contribution in [-0.2, 0) is 4.79 Å². The van der Waals surface area contributed by atoms with Crippen LogP contribution in [-0.4, -0.2) is 25.7 Å². The van der Waals surface area contributed by atoms with Crippen molar-refractivity contribution in [2.45, 2.75) is 47.1 Å². The van der Waals surface area contributed by atoms with Gasteiger partial charge in [0.25, 0.3) is 0 Å². The van der Waals surface area contributed by atoms with Gasteiger partial charge in [0.1, 0.15) is 17.1 Å². The molecular weight excluding hydrogens is 390 g/mol. The van der Waals surface area contributed by atoms with Crippen LogP contribution >= 0.6 is 0 Å². The molecule has 0 saturated heterocycles.